The van der Waals surface area contributed by atoms with Crippen LogP contribution in [0.2, 0.25) is 0 Å². The summed E-state index contributed by atoms with van der Waals surface area (Å²) < 4.78 is 0. The number of piperazine rings is 2. The SMILES string of the molecule is c1ccc(CCN2CCNCC2CCCCN2CCN(CCc3ccccc3)C(Cc3ccccc3)C2)cc1. The van der Waals surface area contributed by atoms with E-state index in [1.54, 1.807) is 0 Å². The summed E-state index contributed by atoms with van der Waals surface area (Å²) in [5.41, 5.74) is 4.38. The summed E-state index contributed by atoms with van der Waals surface area (Å²) in [6, 6.07) is 34.4. The van der Waals surface area contributed by atoms with Gasteiger partial charge in [-0.3, -0.25) is 9.80 Å². The van der Waals surface area contributed by atoms with Gasteiger partial charge in [-0.05, 0) is 55.3 Å². The van der Waals surface area contributed by atoms with E-state index in [1.807, 2.05) is 0 Å². The molecule has 2 unspecified atom stereocenters. The van der Waals surface area contributed by atoms with Crippen LogP contribution < -0.4 is 5.32 Å². The van der Waals surface area contributed by atoms with Crippen LogP contribution in [0.3, 0.4) is 0 Å². The lowest BCUT2D eigenvalue weighted by atomic mass is 10.0. The van der Waals surface area contributed by atoms with E-state index >= 15 is 0 Å². The molecule has 2 aliphatic rings. The molecule has 5 rings (SSSR count). The van der Waals surface area contributed by atoms with Crippen molar-refractivity contribution in [3.8, 4) is 0 Å². The molecule has 2 atom stereocenters. The van der Waals surface area contributed by atoms with Crippen molar-refractivity contribution >= 4 is 0 Å². The van der Waals surface area contributed by atoms with Crippen molar-refractivity contribution in [2.24, 2.45) is 0 Å². The molecule has 0 amide bonds. The zero-order valence-corrected chi connectivity index (χ0v) is 23.8. The molecular formula is C35H48N4. The molecule has 2 saturated heterocycles. The van der Waals surface area contributed by atoms with Gasteiger partial charge in [0.15, 0.2) is 0 Å². The van der Waals surface area contributed by atoms with Crippen LogP contribution >= 0.6 is 0 Å². The zero-order valence-electron chi connectivity index (χ0n) is 23.8. The fourth-order valence-corrected chi connectivity index (χ4v) is 6.47. The van der Waals surface area contributed by atoms with Gasteiger partial charge in [0.05, 0.1) is 0 Å². The Balaban J connectivity index is 1.08. The summed E-state index contributed by atoms with van der Waals surface area (Å²) in [7, 11) is 0. The quantitative estimate of drug-likeness (QED) is 0.312. The van der Waals surface area contributed by atoms with Crippen molar-refractivity contribution < 1.29 is 0 Å². The minimum Gasteiger partial charge on any atom is -0.314 e. The summed E-state index contributed by atoms with van der Waals surface area (Å²) in [4.78, 5) is 8.25. The van der Waals surface area contributed by atoms with Gasteiger partial charge in [-0.25, -0.2) is 0 Å². The molecule has 0 radical (unpaired) electrons. The average molecular weight is 525 g/mol. The topological polar surface area (TPSA) is 21.8 Å². The summed E-state index contributed by atoms with van der Waals surface area (Å²) in [6.45, 7) is 10.6. The Labute approximate surface area is 237 Å². The van der Waals surface area contributed by atoms with Crippen molar-refractivity contribution in [3.63, 3.8) is 0 Å². The van der Waals surface area contributed by atoms with Gasteiger partial charge in [-0.2, -0.15) is 0 Å². The van der Waals surface area contributed by atoms with Gasteiger partial charge in [0.25, 0.3) is 0 Å². The zero-order chi connectivity index (χ0) is 26.5. The molecule has 4 heteroatoms. The maximum absolute atomic E-state index is 3.65. The molecule has 2 aliphatic heterocycles. The largest absolute Gasteiger partial charge is 0.314 e. The van der Waals surface area contributed by atoms with E-state index in [2.05, 4.69) is 111 Å². The fourth-order valence-electron chi connectivity index (χ4n) is 6.47. The highest BCUT2D eigenvalue weighted by molar-refractivity contribution is 5.18. The fraction of sp³-hybridized carbons (Fsp3) is 0.486. The van der Waals surface area contributed by atoms with E-state index in [4.69, 9.17) is 0 Å². The first-order valence-corrected chi connectivity index (χ1v) is 15.4. The van der Waals surface area contributed by atoms with Crippen molar-refractivity contribution in [3.05, 3.63) is 108 Å². The Hall–Kier alpha value is -2.50. The third kappa shape index (κ3) is 9.01. The van der Waals surface area contributed by atoms with Gasteiger partial charge in [0, 0.05) is 64.4 Å². The maximum atomic E-state index is 3.65. The smallest absolute Gasteiger partial charge is 0.0264 e. The molecule has 1 N–H and O–H groups in total. The van der Waals surface area contributed by atoms with Crippen LogP contribution in [-0.4, -0.2) is 85.7 Å². The minimum absolute atomic E-state index is 0.598. The van der Waals surface area contributed by atoms with Crippen molar-refractivity contribution in [2.45, 2.75) is 50.6 Å². The van der Waals surface area contributed by atoms with E-state index in [9.17, 15) is 0 Å². The number of hydrogen-bond donors (Lipinski definition) is 1. The molecule has 0 saturated carbocycles. The summed E-state index contributed by atoms with van der Waals surface area (Å²) in [5.74, 6) is 0. The standard InChI is InChI=1S/C35H48N4/c1-4-12-31(13-5-1)19-23-38-25-21-36-29-34(38)18-10-11-22-37-26-27-39(24-20-32-14-6-2-7-15-32)35(30-37)28-33-16-8-3-9-17-33/h1-9,12-17,34-36H,10-11,18-30H2. The Kier molecular flexibility index (Phi) is 11.0. The molecule has 2 fully saturated rings. The predicted molar refractivity (Wildman–Crippen MR) is 164 cm³/mol. The highest BCUT2D eigenvalue weighted by Gasteiger charge is 2.27. The van der Waals surface area contributed by atoms with E-state index in [-0.39, 0.29) is 0 Å². The molecule has 3 aromatic rings. The number of benzene rings is 3. The summed E-state index contributed by atoms with van der Waals surface area (Å²) >= 11 is 0. The van der Waals surface area contributed by atoms with Crippen molar-refractivity contribution in [1.82, 2.24) is 20.0 Å². The minimum atomic E-state index is 0.598. The van der Waals surface area contributed by atoms with Crippen molar-refractivity contribution in [1.29, 1.82) is 0 Å². The highest BCUT2D eigenvalue weighted by Crippen LogP contribution is 2.18. The van der Waals surface area contributed by atoms with Gasteiger partial charge in [0.2, 0.25) is 0 Å². The maximum Gasteiger partial charge on any atom is 0.0264 e. The monoisotopic (exact) mass is 524 g/mol. The van der Waals surface area contributed by atoms with Crippen LogP contribution in [0.15, 0.2) is 91.0 Å². The Morgan fingerprint density at radius 2 is 1.18 bits per heavy atom. The van der Waals surface area contributed by atoms with E-state index in [1.165, 1.54) is 75.2 Å². The van der Waals surface area contributed by atoms with Gasteiger partial charge in [-0.15, -0.1) is 0 Å². The lowest BCUT2D eigenvalue weighted by Gasteiger charge is -2.42. The molecule has 3 aromatic carbocycles. The average Bonchev–Trinajstić information content (AvgIpc) is 3.00. The predicted octanol–water partition coefficient (Wildman–Crippen LogP) is 5.14. The molecule has 0 aromatic heterocycles. The number of nitrogens with zero attached hydrogens (tertiary/aromatic N) is 3. The highest BCUT2D eigenvalue weighted by atomic mass is 15.3. The third-order valence-corrected chi connectivity index (χ3v) is 8.80. The molecular weight excluding hydrogens is 476 g/mol. The second-order valence-corrected chi connectivity index (χ2v) is 11.5. The Bertz CT molecular complexity index is 1060. The molecule has 0 bridgehead atoms. The van der Waals surface area contributed by atoms with Crippen molar-refractivity contribution in [2.75, 3.05) is 58.9 Å². The first kappa shape index (κ1) is 28.0. The van der Waals surface area contributed by atoms with Crippen LogP contribution in [0.25, 0.3) is 0 Å². The van der Waals surface area contributed by atoms with Gasteiger partial charge >= 0.3 is 0 Å². The normalized spacial score (nSPS) is 21.2. The number of rotatable bonds is 13. The lowest BCUT2D eigenvalue weighted by Crippen LogP contribution is -2.54. The summed E-state index contributed by atoms with van der Waals surface area (Å²) in [6.07, 6.45) is 7.40. The van der Waals surface area contributed by atoms with Crippen LogP contribution in [-0.2, 0) is 19.3 Å². The molecule has 0 spiro atoms. The molecule has 4 nitrogen and oxygen atoms in total. The van der Waals surface area contributed by atoms with Gasteiger partial charge < -0.3 is 10.2 Å². The number of hydrogen-bond acceptors (Lipinski definition) is 4. The second kappa shape index (κ2) is 15.3. The van der Waals surface area contributed by atoms with Crippen LogP contribution in [0, 0.1) is 0 Å². The Morgan fingerprint density at radius 1 is 0.590 bits per heavy atom. The summed E-state index contributed by atoms with van der Waals surface area (Å²) in [5, 5.41) is 3.65. The van der Waals surface area contributed by atoms with Gasteiger partial charge in [0.1, 0.15) is 0 Å². The first-order chi connectivity index (χ1) is 19.3. The van der Waals surface area contributed by atoms with E-state index < -0.39 is 0 Å². The second-order valence-electron chi connectivity index (χ2n) is 11.5. The molecule has 0 aliphatic carbocycles. The lowest BCUT2D eigenvalue weighted by molar-refractivity contribution is 0.0731. The molecule has 39 heavy (non-hydrogen) atoms. The van der Waals surface area contributed by atoms with E-state index in [0.717, 1.165) is 38.9 Å². The van der Waals surface area contributed by atoms with E-state index in [0.29, 0.717) is 12.1 Å². The Morgan fingerprint density at radius 3 is 1.82 bits per heavy atom. The number of unbranched alkanes of at least 4 members (excludes halogenated alkanes) is 1. The first-order valence-electron chi connectivity index (χ1n) is 15.4. The van der Waals surface area contributed by atoms with Crippen LogP contribution in [0.5, 0.6) is 0 Å². The van der Waals surface area contributed by atoms with Crippen LogP contribution in [0.1, 0.15) is 36.0 Å². The van der Waals surface area contributed by atoms with Gasteiger partial charge in [-0.1, -0.05) is 97.4 Å². The molecule has 2 heterocycles. The third-order valence-electron chi connectivity index (χ3n) is 8.80. The molecule has 208 valence electrons. The van der Waals surface area contributed by atoms with Crippen LogP contribution in [0.4, 0.5) is 0 Å². The number of nitrogens with one attached hydrogen (secondary N) is 1.